The Kier molecular flexibility index (Phi) is 39.8. The number of likely N-dealkylation sites (tertiary alicyclic amines) is 1. The van der Waals surface area contributed by atoms with Gasteiger partial charge >= 0.3 is 30.8 Å². The van der Waals surface area contributed by atoms with E-state index in [0.717, 1.165) is 105 Å². The van der Waals surface area contributed by atoms with Gasteiger partial charge in [-0.3, -0.25) is 14.5 Å². The van der Waals surface area contributed by atoms with Crippen LogP contribution in [0.2, 0.25) is 51.4 Å². The van der Waals surface area contributed by atoms with Gasteiger partial charge in [0.25, 0.3) is 0 Å². The molecule has 5 fully saturated rings. The number of halogens is 14. The van der Waals surface area contributed by atoms with Gasteiger partial charge in [0.1, 0.15) is 47.1 Å². The number of carbonyl (C=O) groups excluding carboxylic acids is 1. The molecule has 138 heavy (non-hydrogen) atoms. The summed E-state index contributed by atoms with van der Waals surface area (Å²) in [5.74, 6) is -4.02. The molecule has 5 aliphatic rings. The van der Waals surface area contributed by atoms with E-state index < -0.39 is 145 Å². The number of alkyl halides is 12. The van der Waals surface area contributed by atoms with Crippen LogP contribution in [0.25, 0.3) is 76.2 Å². The fourth-order valence-corrected chi connectivity index (χ4v) is 20.2. The highest BCUT2D eigenvalue weighted by molar-refractivity contribution is 8.13. The van der Waals surface area contributed by atoms with Crippen LogP contribution in [0, 0.1) is 47.1 Å². The first-order valence-electron chi connectivity index (χ1n) is 42.0. The Morgan fingerprint density at radius 2 is 0.971 bits per heavy atom. The number of H-pyrrole nitrogens is 2. The number of carbonyl (C=O) groups is 1. The maximum Gasteiger partial charge on any atom is 0.410 e. The number of sulfonamides is 3. The van der Waals surface area contributed by atoms with Crippen molar-refractivity contribution in [2.24, 2.45) is 0 Å². The summed E-state index contributed by atoms with van der Waals surface area (Å²) in [6.07, 6.45) is 1.63. The van der Waals surface area contributed by atoms with E-state index in [2.05, 4.69) is 122 Å². The second-order valence-electron chi connectivity index (χ2n) is 35.7. The van der Waals surface area contributed by atoms with Gasteiger partial charge in [0.15, 0.2) is 12.4 Å². The SMILES string of the molecule is C[Si](C)(C)CCOCn1ccc2c(-c3cn[nH]c3)ccnc21.C[Si](C)(C)CCOCn1ccc2c(-c3cnn(C4(CC#N)CN(S(=O)(=O)CCC(F)(F)F)C4)c3)ccnc21.Cl.N#CC=C1CN(S(=O)(=O)CCC(F)(F)F)C1.N#CCC1(n2cc(-c3ccnc4[nH]ccc34)cn2)CN(S(=O)(=O)CCC(F)(F)F)C1.O=S(=O)(Cl)CCC(F)(F)F.[C-]#[N+]C=C1CN(C(=O)OC(C)(C)C)C1.[C-]#[N+]C=C1CNC1. The molecule has 0 saturated carbocycles. The third-order valence-electron chi connectivity index (χ3n) is 20.9. The van der Waals surface area contributed by atoms with Crippen LogP contribution in [0.15, 0.2) is 146 Å². The van der Waals surface area contributed by atoms with Crippen LogP contribution in [0.1, 0.15) is 59.3 Å². The Balaban J connectivity index is 0.000000232. The van der Waals surface area contributed by atoms with Gasteiger partial charge < -0.3 is 38.5 Å². The van der Waals surface area contributed by atoms with E-state index in [0.29, 0.717) is 44.4 Å². The predicted octanol–water partition coefficient (Wildman–Crippen LogP) is 16.2. The van der Waals surface area contributed by atoms with Gasteiger partial charge in [-0.25, -0.2) is 63.1 Å². The molecule has 9 aromatic heterocycles. The topological polar surface area (TPSA) is 415 Å². The van der Waals surface area contributed by atoms with Gasteiger partial charge in [-0.05, 0) is 103 Å². The van der Waals surface area contributed by atoms with Crippen molar-refractivity contribution in [2.45, 2.75) is 166 Å². The Labute approximate surface area is 803 Å². The van der Waals surface area contributed by atoms with E-state index in [9.17, 15) is 102 Å². The lowest BCUT2D eigenvalue weighted by molar-refractivity contribution is -0.131. The molecule has 9 aromatic rings. The van der Waals surface area contributed by atoms with Crippen molar-refractivity contribution in [1.82, 2.24) is 82.0 Å². The highest BCUT2D eigenvalue weighted by Gasteiger charge is 2.53. The Morgan fingerprint density at radius 3 is 1.33 bits per heavy atom. The zero-order valence-electron chi connectivity index (χ0n) is 76.4. The highest BCUT2D eigenvalue weighted by Crippen LogP contribution is 2.41. The van der Waals surface area contributed by atoms with Crippen LogP contribution in [0.5, 0.6) is 0 Å². The highest BCUT2D eigenvalue weighted by atomic mass is 35.7. The Bertz CT molecular complexity index is 6420. The van der Waals surface area contributed by atoms with Gasteiger partial charge in [-0.15, -0.1) is 12.4 Å². The quantitative estimate of drug-likeness (QED) is 0.0102. The molecule has 5 aliphatic heterocycles. The summed E-state index contributed by atoms with van der Waals surface area (Å²) < 4.78 is 263. The number of pyridine rings is 3. The first kappa shape index (κ1) is 114. The molecule has 1 amide bonds. The lowest BCUT2D eigenvalue weighted by atomic mass is 9.89. The summed E-state index contributed by atoms with van der Waals surface area (Å²) >= 11 is 0. The number of hydrogen-bond donors (Lipinski definition) is 3. The van der Waals surface area contributed by atoms with E-state index in [1.807, 2.05) is 92.7 Å². The monoisotopic (exact) mass is 2090 g/mol. The molecule has 0 spiro atoms. The van der Waals surface area contributed by atoms with Gasteiger partial charge in [-0.1, -0.05) is 39.3 Å². The maximum atomic E-state index is 12.6. The lowest BCUT2D eigenvalue weighted by Gasteiger charge is -2.47. The second kappa shape index (κ2) is 48.0. The third-order valence-corrected chi connectivity index (χ3v) is 30.8. The number of rotatable bonds is 28. The molecule has 0 unspecified atom stereocenters. The van der Waals surface area contributed by atoms with E-state index in [4.69, 9.17) is 32.6 Å². The normalized spacial score (nSPS) is 15.7. The van der Waals surface area contributed by atoms with Crippen molar-refractivity contribution in [1.29, 1.82) is 15.8 Å². The van der Waals surface area contributed by atoms with Crippen LogP contribution in [-0.2, 0) is 77.9 Å². The largest absolute Gasteiger partial charge is 0.444 e. The van der Waals surface area contributed by atoms with E-state index in [-0.39, 0.29) is 70.6 Å². The lowest BCUT2D eigenvalue weighted by Crippen LogP contribution is -2.64. The van der Waals surface area contributed by atoms with Crippen molar-refractivity contribution < 1.29 is 105 Å². The van der Waals surface area contributed by atoms with E-state index in [1.54, 1.807) is 69.9 Å². The average Bonchev–Trinajstić information content (AvgIpc) is 1.57. The van der Waals surface area contributed by atoms with Crippen LogP contribution in [-0.4, -0.2) is 265 Å². The minimum atomic E-state index is -4.56. The van der Waals surface area contributed by atoms with Crippen molar-refractivity contribution in [3.05, 3.63) is 169 Å². The van der Waals surface area contributed by atoms with Crippen molar-refractivity contribution >= 4 is 118 Å². The number of nitrogens with zero attached hydrogens (tertiary/aromatic N) is 19. The molecule has 3 N–H and O–H groups in total. The predicted molar refractivity (Wildman–Crippen MR) is 500 cm³/mol. The molecule has 0 radical (unpaired) electrons. The minimum absolute atomic E-state index is 0. The molecular weight excluding hydrogens is 1990 g/mol. The Morgan fingerprint density at radius 1 is 0.558 bits per heavy atom. The number of amides is 1. The number of aromatic amines is 2. The molecule has 54 heteroatoms. The fourth-order valence-electron chi connectivity index (χ4n) is 13.3. The Hall–Kier alpha value is -10.6. The molecule has 34 nitrogen and oxygen atoms in total. The standard InChI is InChI=1S/C24H31F3N6O3SSi.C18H17F3N6O2S.C16H22N4OSi.C10H14N2O2.C8H9F3N2O2S.C5H6N2.C3H4ClF3O2S.ClH/c1-38(2,3)13-11-36-18-31-10-5-21-20(4-9-29-22(21)31)19-14-30-33(15-19)23(6-8-28)16-32(17-23)37(34,35)12-7-24(25,26)27;19-18(20,21)4-8-30(28,29)26-11-17(12-26,3-5-22)27-10-13(9-25-27)14-1-6-23-16-15(14)2-7-24-16;1-22(2,3)9-8-21-12-20-7-5-15-14(4-6-17-16(15)20)13-10-18-19-11-13;1-10(2,3)14-9(13)12-6-8(7-12)5-11-4;9-8(10,11)2-4-16(14,15)13-5-7(6-13)1-3-12;1-6-2-5-3-7-4-5;4-10(8,9)2-1-3(5,6)7;/h4-5,9-10,14-15H,6-7,11-13,16-18H2,1-3H3;1-2,6-7,9-10H,3-4,8,11-12H2,(H,23,24);4-7,10-11H,8-9,12H2,1-3H3,(H,18,19);5H,6-7H2,1-3H3;1H,2,4-6H2;2,7H,3-4H2;1-2H2;1H. The average molecular weight is 2100 g/mol. The molecule has 0 bridgehead atoms. The van der Waals surface area contributed by atoms with Gasteiger partial charge in [-0.2, -0.15) is 96.7 Å². The zero-order chi connectivity index (χ0) is 102. The number of aromatic nitrogens is 12. The van der Waals surface area contributed by atoms with Crippen LogP contribution in [0.4, 0.5) is 57.5 Å². The summed E-state index contributed by atoms with van der Waals surface area (Å²) in [7, 11) is -13.7. The second-order valence-corrected chi connectivity index (χ2v) is 56.1. The van der Waals surface area contributed by atoms with Crippen molar-refractivity contribution in [2.75, 3.05) is 102 Å². The number of nitriles is 3. The van der Waals surface area contributed by atoms with Gasteiger partial charge in [0.05, 0.1) is 111 Å². The zero-order valence-corrected chi connectivity index (χ0v) is 83.2. The maximum absolute atomic E-state index is 12.6. The first-order valence-corrected chi connectivity index (χ1v) is 56.7. The van der Waals surface area contributed by atoms with Crippen molar-refractivity contribution in [3.8, 4) is 51.6 Å². The molecular formula is C84H104Cl2F12N22O12S4Si2. The van der Waals surface area contributed by atoms with Crippen LogP contribution < -0.4 is 5.32 Å². The minimum Gasteiger partial charge on any atom is -0.444 e. The number of fused-ring (bicyclic) bond motifs is 3. The number of allylic oxidation sites excluding steroid dienone is 1. The molecule has 0 aliphatic carbocycles. The van der Waals surface area contributed by atoms with Crippen molar-refractivity contribution in [3.63, 3.8) is 0 Å². The van der Waals surface area contributed by atoms with E-state index in [1.165, 1.54) is 23.9 Å². The van der Waals surface area contributed by atoms with Crippen LogP contribution >= 0.6 is 23.1 Å². The third kappa shape index (κ3) is 35.3. The molecule has 5 saturated heterocycles. The molecule has 14 heterocycles. The first-order chi connectivity index (χ1) is 63.7. The summed E-state index contributed by atoms with van der Waals surface area (Å²) in [4.78, 5) is 35.5. The van der Waals surface area contributed by atoms with Crippen LogP contribution in [0.3, 0.4) is 0 Å². The molecule has 0 atom stereocenters. The van der Waals surface area contributed by atoms with E-state index >= 15 is 0 Å². The number of nitrogens with one attached hydrogen (secondary N) is 3. The summed E-state index contributed by atoms with van der Waals surface area (Å²) in [5, 5.41) is 48.5. The van der Waals surface area contributed by atoms with Gasteiger partial charge in [0, 0.05) is 200 Å². The number of ether oxygens (including phenoxy) is 3. The fraction of sp³-hybridized carbons (Fsp3) is 0.500. The van der Waals surface area contributed by atoms with Gasteiger partial charge in [0.2, 0.25) is 39.1 Å². The summed E-state index contributed by atoms with van der Waals surface area (Å²) in [5.41, 5.74) is 8.37. The smallest absolute Gasteiger partial charge is 0.410 e. The number of hydrogen-bond acceptors (Lipinski definition) is 22. The molecule has 0 aromatic carbocycles. The molecule has 752 valence electrons. The summed E-state index contributed by atoms with van der Waals surface area (Å²) in [6.45, 7) is 37.4. The molecule has 14 rings (SSSR count). The summed E-state index contributed by atoms with van der Waals surface area (Å²) in [6, 6.07) is 19.7.